The minimum Gasteiger partial charge on any atom is -0.287 e. The van der Waals surface area contributed by atoms with Gasteiger partial charge < -0.3 is 0 Å². The molecule has 0 saturated carbocycles. The molecular formula is C10H14N2. The Balaban J connectivity index is 2.79. The van der Waals surface area contributed by atoms with Crippen LogP contribution < -0.4 is 10.9 Å². The van der Waals surface area contributed by atoms with Crippen LogP contribution in [0.4, 0.5) is 5.69 Å². The number of nitrogens with two attached hydrogens (primary N) is 1. The zero-order valence-corrected chi connectivity index (χ0v) is 7.49. The van der Waals surface area contributed by atoms with Gasteiger partial charge in [-0.3, -0.25) is 5.01 Å². The number of rotatable bonds is 2. The van der Waals surface area contributed by atoms with Crippen LogP contribution in [0.25, 0.3) is 0 Å². The number of para-hydroxylation sites is 1. The van der Waals surface area contributed by atoms with Gasteiger partial charge in [-0.05, 0) is 26.0 Å². The summed E-state index contributed by atoms with van der Waals surface area (Å²) in [6.45, 7) is 4.03. The maximum Gasteiger partial charge on any atom is 0.0568 e. The molecule has 64 valence electrons. The second-order valence-corrected chi connectivity index (χ2v) is 2.95. The van der Waals surface area contributed by atoms with Crippen molar-refractivity contribution in [2.45, 2.75) is 13.8 Å². The highest BCUT2D eigenvalue weighted by Crippen LogP contribution is 2.10. The Bertz CT molecular complexity index is 260. The largest absolute Gasteiger partial charge is 0.287 e. The van der Waals surface area contributed by atoms with E-state index in [2.05, 4.69) is 0 Å². The Kier molecular flexibility index (Phi) is 2.88. The second kappa shape index (κ2) is 3.93. The Morgan fingerprint density at radius 2 is 1.83 bits per heavy atom. The number of hydrogen-bond acceptors (Lipinski definition) is 2. The summed E-state index contributed by atoms with van der Waals surface area (Å²) in [4.78, 5) is 0. The molecule has 0 aliphatic carbocycles. The normalized spacial score (nSPS) is 9.25. The predicted molar refractivity (Wildman–Crippen MR) is 52.5 cm³/mol. The molecule has 1 rings (SSSR count). The summed E-state index contributed by atoms with van der Waals surface area (Å²) in [6, 6.07) is 9.85. The van der Waals surface area contributed by atoms with Gasteiger partial charge in [0, 0.05) is 6.20 Å². The molecule has 2 heteroatoms. The van der Waals surface area contributed by atoms with E-state index in [1.54, 1.807) is 5.01 Å². The van der Waals surface area contributed by atoms with E-state index in [9.17, 15) is 0 Å². The molecule has 0 aromatic heterocycles. The monoisotopic (exact) mass is 162 g/mol. The van der Waals surface area contributed by atoms with Gasteiger partial charge in [0.05, 0.1) is 5.69 Å². The van der Waals surface area contributed by atoms with Crippen LogP contribution in [0.3, 0.4) is 0 Å². The van der Waals surface area contributed by atoms with Crippen molar-refractivity contribution in [1.82, 2.24) is 0 Å². The average molecular weight is 162 g/mol. The molecular weight excluding hydrogens is 148 g/mol. The number of hydrogen-bond donors (Lipinski definition) is 1. The third-order valence-corrected chi connectivity index (χ3v) is 1.45. The van der Waals surface area contributed by atoms with Crippen molar-refractivity contribution in [2.75, 3.05) is 5.01 Å². The highest BCUT2D eigenvalue weighted by Gasteiger charge is 1.94. The number of hydrazine groups is 1. The smallest absolute Gasteiger partial charge is 0.0568 e. The number of allylic oxidation sites excluding steroid dienone is 1. The topological polar surface area (TPSA) is 29.3 Å². The molecule has 1 aromatic carbocycles. The first-order valence-electron chi connectivity index (χ1n) is 3.94. The lowest BCUT2D eigenvalue weighted by molar-refractivity contribution is 1.06. The lowest BCUT2D eigenvalue weighted by Gasteiger charge is -2.13. The Morgan fingerprint density at radius 1 is 1.25 bits per heavy atom. The van der Waals surface area contributed by atoms with Crippen molar-refractivity contribution in [3.05, 3.63) is 42.1 Å². The van der Waals surface area contributed by atoms with Crippen LogP contribution >= 0.6 is 0 Å². The summed E-state index contributed by atoms with van der Waals surface area (Å²) in [5.74, 6) is 5.75. The van der Waals surface area contributed by atoms with Crippen molar-refractivity contribution in [2.24, 2.45) is 5.84 Å². The van der Waals surface area contributed by atoms with Gasteiger partial charge >= 0.3 is 0 Å². The predicted octanol–water partition coefficient (Wildman–Crippen LogP) is 2.29. The SMILES string of the molecule is CC(C)=CN(N)c1ccccc1. The third-order valence-electron chi connectivity index (χ3n) is 1.45. The summed E-state index contributed by atoms with van der Waals surface area (Å²) in [5, 5.41) is 1.62. The fourth-order valence-electron chi connectivity index (χ4n) is 0.953. The van der Waals surface area contributed by atoms with Gasteiger partial charge in [-0.15, -0.1) is 0 Å². The zero-order valence-electron chi connectivity index (χ0n) is 7.49. The van der Waals surface area contributed by atoms with E-state index in [4.69, 9.17) is 5.84 Å². The second-order valence-electron chi connectivity index (χ2n) is 2.95. The van der Waals surface area contributed by atoms with E-state index in [1.807, 2.05) is 50.4 Å². The van der Waals surface area contributed by atoms with Crippen molar-refractivity contribution < 1.29 is 0 Å². The van der Waals surface area contributed by atoms with E-state index >= 15 is 0 Å². The lowest BCUT2D eigenvalue weighted by atomic mass is 10.3. The zero-order chi connectivity index (χ0) is 8.97. The molecule has 0 atom stereocenters. The van der Waals surface area contributed by atoms with Crippen LogP contribution in [0.5, 0.6) is 0 Å². The van der Waals surface area contributed by atoms with Gasteiger partial charge in [0.25, 0.3) is 0 Å². The van der Waals surface area contributed by atoms with Gasteiger partial charge in [0.1, 0.15) is 0 Å². The van der Waals surface area contributed by atoms with Crippen LogP contribution in [0.1, 0.15) is 13.8 Å². The molecule has 0 radical (unpaired) electrons. The van der Waals surface area contributed by atoms with Crippen molar-refractivity contribution in [3.63, 3.8) is 0 Å². The van der Waals surface area contributed by atoms with Crippen molar-refractivity contribution in [3.8, 4) is 0 Å². The minimum absolute atomic E-state index is 0.999. The van der Waals surface area contributed by atoms with Crippen LogP contribution in [0.2, 0.25) is 0 Å². The molecule has 0 spiro atoms. The molecule has 0 bridgehead atoms. The van der Waals surface area contributed by atoms with Gasteiger partial charge in [0.15, 0.2) is 0 Å². The number of benzene rings is 1. The van der Waals surface area contributed by atoms with Gasteiger partial charge in [0.2, 0.25) is 0 Å². The minimum atomic E-state index is 0.999. The Hall–Kier alpha value is -1.28. The van der Waals surface area contributed by atoms with Gasteiger partial charge in [-0.2, -0.15) is 0 Å². The van der Waals surface area contributed by atoms with E-state index in [-0.39, 0.29) is 0 Å². The molecule has 2 nitrogen and oxygen atoms in total. The van der Waals surface area contributed by atoms with Gasteiger partial charge in [-0.25, -0.2) is 5.84 Å². The highest BCUT2D eigenvalue weighted by atomic mass is 15.4. The Labute approximate surface area is 73.3 Å². The van der Waals surface area contributed by atoms with Crippen LogP contribution in [-0.2, 0) is 0 Å². The summed E-state index contributed by atoms with van der Waals surface area (Å²) in [5.41, 5.74) is 2.18. The molecule has 0 saturated heterocycles. The van der Waals surface area contributed by atoms with E-state index in [0.29, 0.717) is 0 Å². The molecule has 12 heavy (non-hydrogen) atoms. The first-order valence-corrected chi connectivity index (χ1v) is 3.94. The number of nitrogens with zero attached hydrogens (tertiary/aromatic N) is 1. The van der Waals surface area contributed by atoms with E-state index in [1.165, 1.54) is 5.57 Å². The lowest BCUT2D eigenvalue weighted by Crippen LogP contribution is -2.24. The maximum absolute atomic E-state index is 5.75. The van der Waals surface area contributed by atoms with Crippen LogP contribution in [0.15, 0.2) is 42.1 Å². The molecule has 0 unspecified atom stereocenters. The molecule has 0 heterocycles. The highest BCUT2D eigenvalue weighted by molar-refractivity contribution is 5.47. The Morgan fingerprint density at radius 3 is 2.33 bits per heavy atom. The third kappa shape index (κ3) is 2.40. The molecule has 0 fully saturated rings. The quantitative estimate of drug-likeness (QED) is 0.534. The fourth-order valence-corrected chi connectivity index (χ4v) is 0.953. The standard InChI is InChI=1S/C10H14N2/c1-9(2)8-12(11)10-6-4-3-5-7-10/h3-8H,11H2,1-2H3. The van der Waals surface area contributed by atoms with E-state index in [0.717, 1.165) is 5.69 Å². The van der Waals surface area contributed by atoms with Crippen LogP contribution in [0, 0.1) is 0 Å². The summed E-state index contributed by atoms with van der Waals surface area (Å²) < 4.78 is 0. The molecule has 2 N–H and O–H groups in total. The first-order chi connectivity index (χ1) is 5.70. The summed E-state index contributed by atoms with van der Waals surface area (Å²) >= 11 is 0. The van der Waals surface area contributed by atoms with Crippen LogP contribution in [-0.4, -0.2) is 0 Å². The summed E-state index contributed by atoms with van der Waals surface area (Å²) in [7, 11) is 0. The summed E-state index contributed by atoms with van der Waals surface area (Å²) in [6.07, 6.45) is 1.90. The van der Waals surface area contributed by atoms with E-state index < -0.39 is 0 Å². The average Bonchev–Trinajstić information content (AvgIpc) is 2.05. The van der Waals surface area contributed by atoms with Gasteiger partial charge in [-0.1, -0.05) is 23.8 Å². The maximum atomic E-state index is 5.75. The first kappa shape index (κ1) is 8.81. The van der Waals surface area contributed by atoms with Crippen molar-refractivity contribution in [1.29, 1.82) is 0 Å². The molecule has 0 aliphatic heterocycles. The van der Waals surface area contributed by atoms with Crippen molar-refractivity contribution >= 4 is 5.69 Å². The molecule has 0 aliphatic rings. The molecule has 0 amide bonds. The molecule has 1 aromatic rings. The number of anilines is 1. The fraction of sp³-hybridized carbons (Fsp3) is 0.200.